The lowest BCUT2D eigenvalue weighted by atomic mass is 9.67. The number of carbonyl (C=O) groups excluding carboxylic acids is 1. The maximum atomic E-state index is 15.0. The summed E-state index contributed by atoms with van der Waals surface area (Å²) in [5.41, 5.74) is 6.44. The molecule has 0 spiro atoms. The second-order valence-corrected chi connectivity index (χ2v) is 9.58. The molecule has 2 aromatic carbocycles. The molecule has 0 radical (unpaired) electrons. The van der Waals surface area contributed by atoms with Crippen molar-refractivity contribution in [3.8, 4) is 0 Å². The van der Waals surface area contributed by atoms with Gasteiger partial charge in [-0.15, -0.1) is 0 Å². The molecule has 2 aromatic rings. The molecule has 2 atom stereocenters. The Morgan fingerprint density at radius 3 is 2.62 bits per heavy atom. The Kier molecular flexibility index (Phi) is 5.71. The van der Waals surface area contributed by atoms with Crippen LogP contribution in [0, 0.1) is 11.2 Å². The number of carbonyl (C=O) groups is 1. The average Bonchev–Trinajstić information content (AvgIpc) is 3.20. The molecule has 1 fully saturated rings. The van der Waals surface area contributed by atoms with Crippen molar-refractivity contribution in [3.05, 3.63) is 65.5 Å². The minimum absolute atomic E-state index is 0.0990. The lowest BCUT2D eigenvalue weighted by Gasteiger charge is -2.46. The Hall–Kier alpha value is -2.93. The molecule has 1 saturated heterocycles. The fourth-order valence-electron chi connectivity index (χ4n) is 4.73. The third-order valence-electron chi connectivity index (χ3n) is 7.12. The van der Waals surface area contributed by atoms with Crippen LogP contribution in [0.1, 0.15) is 38.3 Å². The first-order chi connectivity index (χ1) is 15.1. The standard InChI is InChI=1S/C25H32FN5O/c1-24(2)22(32)30(4)23(27)29-25(24,3)20-14-18(10-11-21(20)26)28-19-12-13-31(16-19)15-17-8-6-5-7-9-17/h5-11,14,19,28H,12-13,15-16H2,1-4H3,(H2,27,29). The molecule has 6 nitrogen and oxygen atoms in total. The number of nitrogens with zero attached hydrogens (tertiary/aromatic N) is 3. The normalized spacial score (nSPS) is 25.7. The molecule has 3 N–H and O–H groups in total. The smallest absolute Gasteiger partial charge is 0.237 e. The van der Waals surface area contributed by atoms with Gasteiger partial charge in [-0.25, -0.2) is 9.38 Å². The Morgan fingerprint density at radius 2 is 1.91 bits per heavy atom. The number of rotatable bonds is 5. The highest BCUT2D eigenvalue weighted by molar-refractivity contribution is 6.01. The van der Waals surface area contributed by atoms with Gasteiger partial charge in [0.25, 0.3) is 0 Å². The molecule has 4 rings (SSSR count). The van der Waals surface area contributed by atoms with Gasteiger partial charge < -0.3 is 11.1 Å². The predicted molar refractivity (Wildman–Crippen MR) is 126 cm³/mol. The van der Waals surface area contributed by atoms with Gasteiger partial charge in [0.1, 0.15) is 11.4 Å². The summed E-state index contributed by atoms with van der Waals surface area (Å²) < 4.78 is 15.0. The molecule has 170 valence electrons. The number of anilines is 1. The molecule has 2 heterocycles. The zero-order valence-corrected chi connectivity index (χ0v) is 19.2. The van der Waals surface area contributed by atoms with Crippen molar-refractivity contribution in [2.75, 3.05) is 25.5 Å². The van der Waals surface area contributed by atoms with Gasteiger partial charge in [-0.1, -0.05) is 30.3 Å². The van der Waals surface area contributed by atoms with Crippen LogP contribution in [0.15, 0.2) is 53.5 Å². The van der Waals surface area contributed by atoms with Crippen LogP contribution in [0.5, 0.6) is 0 Å². The van der Waals surface area contributed by atoms with Crippen LogP contribution in [-0.4, -0.2) is 47.8 Å². The van der Waals surface area contributed by atoms with Crippen LogP contribution in [-0.2, 0) is 16.9 Å². The SMILES string of the molecule is CN1C(=O)C(C)(C)C(C)(c2cc(NC3CCN(Cc4ccccc4)C3)ccc2F)N=C1N. The first kappa shape index (κ1) is 22.3. The minimum atomic E-state index is -1.11. The molecule has 0 aromatic heterocycles. The second-order valence-electron chi connectivity index (χ2n) is 9.58. The Balaban J connectivity index is 1.54. The molecule has 7 heteroatoms. The molecule has 0 aliphatic carbocycles. The Bertz CT molecular complexity index is 1040. The first-order valence-electron chi connectivity index (χ1n) is 11.1. The number of hydrogen-bond acceptors (Lipinski definition) is 5. The highest BCUT2D eigenvalue weighted by Crippen LogP contribution is 2.47. The van der Waals surface area contributed by atoms with Crippen LogP contribution in [0.3, 0.4) is 0 Å². The van der Waals surface area contributed by atoms with E-state index in [1.165, 1.54) is 16.5 Å². The van der Waals surface area contributed by atoms with Crippen molar-refractivity contribution in [1.82, 2.24) is 9.80 Å². The number of hydrogen-bond donors (Lipinski definition) is 2. The molecule has 2 aliphatic heterocycles. The summed E-state index contributed by atoms with van der Waals surface area (Å²) in [4.78, 5) is 21.3. The lowest BCUT2D eigenvalue weighted by molar-refractivity contribution is -0.140. The maximum absolute atomic E-state index is 15.0. The van der Waals surface area contributed by atoms with Crippen LogP contribution in [0.25, 0.3) is 0 Å². The summed E-state index contributed by atoms with van der Waals surface area (Å²) in [7, 11) is 1.60. The first-order valence-corrected chi connectivity index (χ1v) is 11.1. The minimum Gasteiger partial charge on any atom is -0.381 e. The number of amides is 1. The molecular weight excluding hydrogens is 405 g/mol. The lowest BCUT2D eigenvalue weighted by Crippen LogP contribution is -2.58. The molecule has 1 amide bonds. The van der Waals surface area contributed by atoms with Crippen LogP contribution >= 0.6 is 0 Å². The van der Waals surface area contributed by atoms with Gasteiger partial charge in [-0.3, -0.25) is 14.6 Å². The molecule has 2 unspecified atom stereocenters. The maximum Gasteiger partial charge on any atom is 0.237 e. The number of halogens is 1. The van der Waals surface area contributed by atoms with E-state index in [0.717, 1.165) is 31.7 Å². The number of guanidine groups is 1. The predicted octanol–water partition coefficient (Wildman–Crippen LogP) is 3.54. The van der Waals surface area contributed by atoms with Gasteiger partial charge in [0, 0.05) is 44.0 Å². The van der Waals surface area contributed by atoms with E-state index in [2.05, 4.69) is 39.5 Å². The van der Waals surface area contributed by atoms with Gasteiger partial charge in [0.15, 0.2) is 5.96 Å². The van der Waals surface area contributed by atoms with Crippen molar-refractivity contribution >= 4 is 17.6 Å². The van der Waals surface area contributed by atoms with Crippen molar-refractivity contribution in [2.45, 2.75) is 45.3 Å². The van der Waals surface area contributed by atoms with E-state index in [9.17, 15) is 4.79 Å². The van der Waals surface area contributed by atoms with E-state index >= 15 is 4.39 Å². The highest BCUT2D eigenvalue weighted by Gasteiger charge is 2.53. The van der Waals surface area contributed by atoms with Crippen molar-refractivity contribution in [2.24, 2.45) is 16.1 Å². The van der Waals surface area contributed by atoms with E-state index < -0.39 is 16.8 Å². The zero-order chi connectivity index (χ0) is 23.1. The van der Waals surface area contributed by atoms with E-state index in [-0.39, 0.29) is 17.9 Å². The average molecular weight is 438 g/mol. The van der Waals surface area contributed by atoms with Crippen molar-refractivity contribution in [1.29, 1.82) is 0 Å². The summed E-state index contributed by atoms with van der Waals surface area (Å²) in [6.07, 6.45) is 1.01. The fourth-order valence-corrected chi connectivity index (χ4v) is 4.73. The quantitative estimate of drug-likeness (QED) is 0.750. The van der Waals surface area contributed by atoms with Crippen LogP contribution in [0.4, 0.5) is 10.1 Å². The van der Waals surface area contributed by atoms with Crippen LogP contribution < -0.4 is 11.1 Å². The molecule has 0 saturated carbocycles. The fraction of sp³-hybridized carbons (Fsp3) is 0.440. The summed E-state index contributed by atoms with van der Waals surface area (Å²) in [6, 6.07) is 15.7. The number of benzene rings is 2. The third-order valence-corrected chi connectivity index (χ3v) is 7.12. The molecule has 32 heavy (non-hydrogen) atoms. The monoisotopic (exact) mass is 437 g/mol. The number of nitrogens with one attached hydrogen (secondary N) is 1. The van der Waals surface area contributed by atoms with Gasteiger partial charge in [-0.05, 0) is 51.0 Å². The highest BCUT2D eigenvalue weighted by atomic mass is 19.1. The van der Waals surface area contributed by atoms with E-state index in [4.69, 9.17) is 5.73 Å². The Labute approximate surface area is 189 Å². The van der Waals surface area contributed by atoms with E-state index in [1.54, 1.807) is 40.0 Å². The topological polar surface area (TPSA) is 74.0 Å². The summed E-state index contributed by atoms with van der Waals surface area (Å²) in [5.74, 6) is -0.475. The summed E-state index contributed by atoms with van der Waals surface area (Å²) in [6.45, 7) is 8.21. The van der Waals surface area contributed by atoms with Gasteiger partial charge >= 0.3 is 0 Å². The number of nitrogens with two attached hydrogens (primary N) is 1. The van der Waals surface area contributed by atoms with E-state index in [1.807, 2.05) is 6.07 Å². The van der Waals surface area contributed by atoms with Crippen LogP contribution in [0.2, 0.25) is 0 Å². The van der Waals surface area contributed by atoms with Gasteiger partial charge in [-0.2, -0.15) is 0 Å². The number of aliphatic imine (C=N–C) groups is 1. The zero-order valence-electron chi connectivity index (χ0n) is 19.2. The van der Waals surface area contributed by atoms with Gasteiger partial charge in [0.2, 0.25) is 5.91 Å². The largest absolute Gasteiger partial charge is 0.381 e. The third kappa shape index (κ3) is 3.86. The molecule has 2 aliphatic rings. The van der Waals surface area contributed by atoms with Crippen molar-refractivity contribution in [3.63, 3.8) is 0 Å². The van der Waals surface area contributed by atoms with Gasteiger partial charge in [0.05, 0.1) is 5.41 Å². The molecule has 0 bridgehead atoms. The second kappa shape index (κ2) is 8.20. The summed E-state index contributed by atoms with van der Waals surface area (Å²) >= 11 is 0. The van der Waals surface area contributed by atoms with E-state index in [0.29, 0.717) is 5.56 Å². The Morgan fingerprint density at radius 1 is 1.19 bits per heavy atom. The number of likely N-dealkylation sites (tertiary alicyclic amines) is 1. The summed E-state index contributed by atoms with van der Waals surface area (Å²) in [5, 5.41) is 3.56. The molecular formula is C25H32FN5O. The van der Waals surface area contributed by atoms with Crippen molar-refractivity contribution < 1.29 is 9.18 Å².